The van der Waals surface area contributed by atoms with E-state index in [0.29, 0.717) is 5.92 Å². The molecular formula is C21H25N. The fourth-order valence-corrected chi connectivity index (χ4v) is 4.53. The van der Waals surface area contributed by atoms with E-state index in [1.54, 1.807) is 0 Å². The quantitative estimate of drug-likeness (QED) is 0.699. The Labute approximate surface area is 133 Å². The SMILES string of the molecule is CC(C)c1ccc(-c2cc(C3CC4CCC3C4)ccn2)cc1. The van der Waals surface area contributed by atoms with E-state index < -0.39 is 0 Å². The Morgan fingerprint density at radius 2 is 1.82 bits per heavy atom. The van der Waals surface area contributed by atoms with Gasteiger partial charge in [0.2, 0.25) is 0 Å². The van der Waals surface area contributed by atoms with Gasteiger partial charge >= 0.3 is 0 Å². The summed E-state index contributed by atoms with van der Waals surface area (Å²) in [7, 11) is 0. The minimum absolute atomic E-state index is 0.586. The summed E-state index contributed by atoms with van der Waals surface area (Å²) in [6.45, 7) is 4.48. The van der Waals surface area contributed by atoms with Crippen LogP contribution in [0.3, 0.4) is 0 Å². The third-order valence-electron chi connectivity index (χ3n) is 5.82. The van der Waals surface area contributed by atoms with E-state index >= 15 is 0 Å². The van der Waals surface area contributed by atoms with Gasteiger partial charge in [-0.15, -0.1) is 0 Å². The highest BCUT2D eigenvalue weighted by Crippen LogP contribution is 2.52. The molecule has 1 nitrogen and oxygen atoms in total. The van der Waals surface area contributed by atoms with Gasteiger partial charge in [-0.2, -0.15) is 0 Å². The summed E-state index contributed by atoms with van der Waals surface area (Å²) < 4.78 is 0. The molecule has 1 heteroatoms. The molecule has 0 saturated heterocycles. The highest BCUT2D eigenvalue weighted by Gasteiger charge is 2.40. The third-order valence-corrected chi connectivity index (χ3v) is 5.82. The summed E-state index contributed by atoms with van der Waals surface area (Å²) in [6.07, 6.45) is 7.78. The fourth-order valence-electron chi connectivity index (χ4n) is 4.53. The van der Waals surface area contributed by atoms with Crippen molar-refractivity contribution >= 4 is 0 Å². The van der Waals surface area contributed by atoms with E-state index in [9.17, 15) is 0 Å². The number of nitrogens with zero attached hydrogens (tertiary/aromatic N) is 1. The Bertz CT molecular complexity index is 656. The Morgan fingerprint density at radius 1 is 1.00 bits per heavy atom. The average molecular weight is 291 g/mol. The van der Waals surface area contributed by atoms with E-state index in [-0.39, 0.29) is 0 Å². The molecule has 4 rings (SSSR count). The molecule has 1 aromatic carbocycles. The van der Waals surface area contributed by atoms with Crippen molar-refractivity contribution in [2.45, 2.75) is 51.4 Å². The standard InChI is InChI=1S/C21H25N/c1-14(2)16-5-7-17(8-6-16)21-13-19(9-10-22-21)20-12-15-3-4-18(20)11-15/h5-10,13-15,18,20H,3-4,11-12H2,1-2H3. The second-order valence-corrected chi connectivity index (χ2v) is 7.53. The van der Waals surface area contributed by atoms with Crippen LogP contribution in [0, 0.1) is 11.8 Å². The smallest absolute Gasteiger partial charge is 0.0704 e. The normalized spacial score (nSPS) is 26.8. The largest absolute Gasteiger partial charge is 0.256 e. The first-order chi connectivity index (χ1) is 10.7. The first-order valence-electron chi connectivity index (χ1n) is 8.77. The number of fused-ring (bicyclic) bond motifs is 2. The summed E-state index contributed by atoms with van der Waals surface area (Å²) in [4.78, 5) is 4.62. The molecular weight excluding hydrogens is 266 g/mol. The lowest BCUT2D eigenvalue weighted by atomic mass is 9.83. The van der Waals surface area contributed by atoms with Gasteiger partial charge in [-0.05, 0) is 66.2 Å². The van der Waals surface area contributed by atoms with Crippen LogP contribution in [0.5, 0.6) is 0 Å². The van der Waals surface area contributed by atoms with Crippen molar-refractivity contribution in [3.63, 3.8) is 0 Å². The molecule has 0 aliphatic heterocycles. The number of aromatic nitrogens is 1. The van der Waals surface area contributed by atoms with E-state index in [4.69, 9.17) is 0 Å². The Kier molecular flexibility index (Phi) is 3.52. The first kappa shape index (κ1) is 14.0. The van der Waals surface area contributed by atoms with Gasteiger partial charge in [0.1, 0.15) is 0 Å². The maximum atomic E-state index is 4.62. The van der Waals surface area contributed by atoms with Gasteiger partial charge in [-0.1, -0.05) is 44.5 Å². The molecule has 3 unspecified atom stereocenters. The van der Waals surface area contributed by atoms with Gasteiger partial charge in [-0.25, -0.2) is 0 Å². The molecule has 2 saturated carbocycles. The maximum Gasteiger partial charge on any atom is 0.0704 e. The third kappa shape index (κ3) is 2.47. The molecule has 1 aromatic heterocycles. The van der Waals surface area contributed by atoms with E-state index in [1.807, 2.05) is 6.20 Å². The van der Waals surface area contributed by atoms with Gasteiger partial charge in [0.15, 0.2) is 0 Å². The summed E-state index contributed by atoms with van der Waals surface area (Å²) in [6, 6.07) is 13.5. The number of rotatable bonds is 3. The molecule has 2 aromatic rings. The van der Waals surface area contributed by atoms with Crippen LogP contribution in [0.4, 0.5) is 0 Å². The lowest BCUT2D eigenvalue weighted by Gasteiger charge is -2.22. The van der Waals surface area contributed by atoms with E-state index in [2.05, 4.69) is 55.2 Å². The lowest BCUT2D eigenvalue weighted by Crippen LogP contribution is -2.08. The van der Waals surface area contributed by atoms with Crippen LogP contribution in [-0.2, 0) is 0 Å². The molecule has 0 N–H and O–H groups in total. The van der Waals surface area contributed by atoms with Gasteiger partial charge < -0.3 is 0 Å². The Balaban J connectivity index is 1.61. The number of hydrogen-bond acceptors (Lipinski definition) is 1. The van der Waals surface area contributed by atoms with Gasteiger partial charge in [0.25, 0.3) is 0 Å². The van der Waals surface area contributed by atoms with Crippen molar-refractivity contribution < 1.29 is 0 Å². The van der Waals surface area contributed by atoms with Crippen molar-refractivity contribution in [1.82, 2.24) is 4.98 Å². The monoisotopic (exact) mass is 291 g/mol. The molecule has 22 heavy (non-hydrogen) atoms. The molecule has 0 amide bonds. The second kappa shape index (κ2) is 5.53. The van der Waals surface area contributed by atoms with Gasteiger partial charge in [-0.3, -0.25) is 4.98 Å². The second-order valence-electron chi connectivity index (χ2n) is 7.53. The first-order valence-corrected chi connectivity index (χ1v) is 8.77. The van der Waals surface area contributed by atoms with Crippen LogP contribution >= 0.6 is 0 Å². The molecule has 2 fully saturated rings. The van der Waals surface area contributed by atoms with Crippen LogP contribution < -0.4 is 0 Å². The van der Waals surface area contributed by atoms with Crippen LogP contribution in [0.1, 0.15) is 62.5 Å². The summed E-state index contributed by atoms with van der Waals surface area (Å²) in [5, 5.41) is 0. The predicted octanol–water partition coefficient (Wildman–Crippen LogP) is 5.78. The molecule has 0 spiro atoms. The van der Waals surface area contributed by atoms with E-state index in [1.165, 1.54) is 42.4 Å². The lowest BCUT2D eigenvalue weighted by molar-refractivity contribution is 0.420. The fraction of sp³-hybridized carbons (Fsp3) is 0.476. The minimum atomic E-state index is 0.586. The van der Waals surface area contributed by atoms with Crippen molar-refractivity contribution in [3.8, 4) is 11.3 Å². The Hall–Kier alpha value is -1.63. The van der Waals surface area contributed by atoms with Crippen molar-refractivity contribution in [1.29, 1.82) is 0 Å². The van der Waals surface area contributed by atoms with Crippen molar-refractivity contribution in [3.05, 3.63) is 53.7 Å². The van der Waals surface area contributed by atoms with E-state index in [0.717, 1.165) is 23.4 Å². The van der Waals surface area contributed by atoms with Crippen LogP contribution in [0.15, 0.2) is 42.6 Å². The van der Waals surface area contributed by atoms with Crippen LogP contribution in [0.25, 0.3) is 11.3 Å². The van der Waals surface area contributed by atoms with Crippen molar-refractivity contribution in [2.24, 2.45) is 11.8 Å². The Morgan fingerprint density at radius 3 is 2.45 bits per heavy atom. The number of hydrogen-bond donors (Lipinski definition) is 0. The minimum Gasteiger partial charge on any atom is -0.256 e. The zero-order valence-electron chi connectivity index (χ0n) is 13.6. The van der Waals surface area contributed by atoms with Gasteiger partial charge in [0.05, 0.1) is 5.69 Å². The molecule has 3 atom stereocenters. The van der Waals surface area contributed by atoms with Crippen LogP contribution in [0.2, 0.25) is 0 Å². The predicted molar refractivity (Wildman–Crippen MR) is 92.0 cm³/mol. The highest BCUT2D eigenvalue weighted by atomic mass is 14.7. The average Bonchev–Trinajstić information content (AvgIpc) is 3.18. The molecule has 2 bridgehead atoms. The molecule has 1 heterocycles. The number of benzene rings is 1. The topological polar surface area (TPSA) is 12.9 Å². The summed E-state index contributed by atoms with van der Waals surface area (Å²) in [5.74, 6) is 3.30. The zero-order valence-corrected chi connectivity index (χ0v) is 13.6. The van der Waals surface area contributed by atoms with Crippen LogP contribution in [-0.4, -0.2) is 4.98 Å². The number of pyridine rings is 1. The van der Waals surface area contributed by atoms with Crippen molar-refractivity contribution in [2.75, 3.05) is 0 Å². The molecule has 2 aliphatic carbocycles. The summed E-state index contributed by atoms with van der Waals surface area (Å²) in [5.41, 5.74) is 5.29. The molecule has 0 radical (unpaired) electrons. The molecule has 2 aliphatic rings. The molecule has 114 valence electrons. The zero-order chi connectivity index (χ0) is 15.1. The maximum absolute atomic E-state index is 4.62. The van der Waals surface area contributed by atoms with Gasteiger partial charge in [0, 0.05) is 11.8 Å². The highest BCUT2D eigenvalue weighted by molar-refractivity contribution is 5.60. The summed E-state index contributed by atoms with van der Waals surface area (Å²) >= 11 is 0.